The second-order valence-electron chi connectivity index (χ2n) is 5.80. The van der Waals surface area contributed by atoms with Crippen LogP contribution in [0.5, 0.6) is 5.75 Å². The number of hydrogen-bond acceptors (Lipinski definition) is 1. The molecule has 0 aromatic heterocycles. The summed E-state index contributed by atoms with van der Waals surface area (Å²) in [6, 6.07) is 4.30. The minimum Gasteiger partial charge on any atom is -0.490 e. The van der Waals surface area contributed by atoms with Crippen LogP contribution < -0.4 is 4.74 Å². The predicted octanol–water partition coefficient (Wildman–Crippen LogP) is 5.39. The third kappa shape index (κ3) is 3.45. The maximum Gasteiger partial charge on any atom is 0.125 e. The molecule has 19 heavy (non-hydrogen) atoms. The van der Waals surface area contributed by atoms with Gasteiger partial charge in [-0.25, -0.2) is 0 Å². The van der Waals surface area contributed by atoms with Crippen LogP contribution in [0.15, 0.2) is 12.1 Å². The molecular weight excluding hydrogens is 256 g/mol. The van der Waals surface area contributed by atoms with Gasteiger partial charge in [-0.2, -0.15) is 0 Å². The van der Waals surface area contributed by atoms with Gasteiger partial charge in [0.25, 0.3) is 0 Å². The summed E-state index contributed by atoms with van der Waals surface area (Å²) in [7, 11) is 0. The van der Waals surface area contributed by atoms with Gasteiger partial charge in [-0.15, -0.1) is 11.6 Å². The van der Waals surface area contributed by atoms with Crippen LogP contribution in [0.25, 0.3) is 0 Å². The summed E-state index contributed by atoms with van der Waals surface area (Å²) in [5, 5.41) is 0. The second kappa shape index (κ2) is 6.65. The lowest BCUT2D eigenvalue weighted by Crippen LogP contribution is -2.30. The first-order chi connectivity index (χ1) is 9.15. The van der Waals surface area contributed by atoms with Crippen molar-refractivity contribution in [2.45, 2.75) is 64.9 Å². The highest BCUT2D eigenvalue weighted by molar-refractivity contribution is 6.17. The van der Waals surface area contributed by atoms with Crippen molar-refractivity contribution >= 4 is 11.6 Å². The quantitative estimate of drug-likeness (QED) is 0.672. The normalized spacial score (nSPS) is 23.4. The van der Waals surface area contributed by atoms with Crippen molar-refractivity contribution in [2.24, 2.45) is 5.92 Å². The van der Waals surface area contributed by atoms with E-state index >= 15 is 0 Å². The van der Waals surface area contributed by atoms with E-state index in [1.165, 1.54) is 48.8 Å². The van der Waals surface area contributed by atoms with Crippen LogP contribution in [0.1, 0.15) is 55.7 Å². The van der Waals surface area contributed by atoms with Crippen LogP contribution >= 0.6 is 11.6 Å². The van der Waals surface area contributed by atoms with Crippen LogP contribution in [0.4, 0.5) is 0 Å². The van der Waals surface area contributed by atoms with Crippen molar-refractivity contribution in [3.8, 4) is 5.75 Å². The fraction of sp³-hybridized carbons (Fsp3) is 0.647. The topological polar surface area (TPSA) is 9.23 Å². The summed E-state index contributed by atoms with van der Waals surface area (Å²) in [5.74, 6) is 2.38. The molecule has 0 radical (unpaired) electrons. The average molecular weight is 281 g/mol. The van der Waals surface area contributed by atoms with Gasteiger partial charge < -0.3 is 4.74 Å². The largest absolute Gasteiger partial charge is 0.490 e. The summed E-state index contributed by atoms with van der Waals surface area (Å²) in [6.07, 6.45) is 6.81. The molecule has 0 N–H and O–H groups in total. The Balaban J connectivity index is 2.18. The fourth-order valence-electron chi connectivity index (χ4n) is 3.25. The summed E-state index contributed by atoms with van der Waals surface area (Å²) >= 11 is 5.92. The number of alkyl halides is 1. The number of rotatable bonds is 4. The average Bonchev–Trinajstić information content (AvgIpc) is 2.43. The maximum absolute atomic E-state index is 6.38. The Bertz CT molecular complexity index is 404. The van der Waals surface area contributed by atoms with Gasteiger partial charge >= 0.3 is 0 Å². The number of ether oxygens (including phenoxy) is 1. The molecule has 1 fully saturated rings. The molecule has 1 nitrogen and oxygen atoms in total. The lowest BCUT2D eigenvalue weighted by atomic mass is 9.84. The fourth-order valence-corrected chi connectivity index (χ4v) is 3.40. The van der Waals surface area contributed by atoms with E-state index in [1.807, 2.05) is 0 Å². The Morgan fingerprint density at radius 1 is 1.16 bits per heavy atom. The molecule has 0 aliphatic heterocycles. The van der Waals surface area contributed by atoms with Crippen molar-refractivity contribution in [3.63, 3.8) is 0 Å². The van der Waals surface area contributed by atoms with Crippen LogP contribution in [-0.2, 0) is 5.88 Å². The molecule has 0 spiro atoms. The summed E-state index contributed by atoms with van der Waals surface area (Å²) in [4.78, 5) is 0. The van der Waals surface area contributed by atoms with Crippen molar-refractivity contribution in [1.82, 2.24) is 0 Å². The van der Waals surface area contributed by atoms with E-state index < -0.39 is 0 Å². The molecule has 0 saturated heterocycles. The van der Waals surface area contributed by atoms with Crippen LogP contribution in [0.2, 0.25) is 0 Å². The van der Waals surface area contributed by atoms with E-state index in [9.17, 15) is 0 Å². The van der Waals surface area contributed by atoms with Gasteiger partial charge in [0.2, 0.25) is 0 Å². The van der Waals surface area contributed by atoms with E-state index in [0.29, 0.717) is 12.0 Å². The number of benzene rings is 1. The Morgan fingerprint density at radius 2 is 1.79 bits per heavy atom. The van der Waals surface area contributed by atoms with E-state index in [0.717, 1.165) is 11.7 Å². The van der Waals surface area contributed by atoms with Gasteiger partial charge in [0.15, 0.2) is 0 Å². The summed E-state index contributed by atoms with van der Waals surface area (Å²) < 4.78 is 6.38. The molecular formula is C17H25ClO. The SMILES string of the molecule is CCC1CCCCC1Oc1c(C)cc(CCl)cc1C. The molecule has 2 unspecified atom stereocenters. The predicted molar refractivity (Wildman–Crippen MR) is 82.1 cm³/mol. The highest BCUT2D eigenvalue weighted by Gasteiger charge is 2.26. The second-order valence-corrected chi connectivity index (χ2v) is 6.07. The zero-order valence-corrected chi connectivity index (χ0v) is 13.1. The van der Waals surface area contributed by atoms with Gasteiger partial charge in [-0.05, 0) is 62.1 Å². The van der Waals surface area contributed by atoms with Gasteiger partial charge in [-0.1, -0.05) is 25.5 Å². The highest BCUT2D eigenvalue weighted by atomic mass is 35.5. The molecule has 1 aliphatic rings. The first-order valence-corrected chi connectivity index (χ1v) is 8.02. The van der Waals surface area contributed by atoms with E-state index in [4.69, 9.17) is 16.3 Å². The third-order valence-corrected chi connectivity index (χ3v) is 4.62. The molecule has 1 saturated carbocycles. The zero-order valence-electron chi connectivity index (χ0n) is 12.3. The van der Waals surface area contributed by atoms with E-state index in [-0.39, 0.29) is 0 Å². The summed E-state index contributed by atoms with van der Waals surface area (Å²) in [5.41, 5.74) is 3.62. The molecule has 2 rings (SSSR count). The molecule has 1 aromatic rings. The van der Waals surface area contributed by atoms with Gasteiger partial charge in [-0.3, -0.25) is 0 Å². The molecule has 2 atom stereocenters. The molecule has 0 bridgehead atoms. The number of hydrogen-bond donors (Lipinski definition) is 0. The minimum absolute atomic E-state index is 0.401. The Hall–Kier alpha value is -0.690. The molecule has 106 valence electrons. The van der Waals surface area contributed by atoms with Gasteiger partial charge in [0, 0.05) is 5.88 Å². The Labute approximate surface area is 122 Å². The lowest BCUT2D eigenvalue weighted by molar-refractivity contribution is 0.0890. The van der Waals surface area contributed by atoms with Crippen LogP contribution in [-0.4, -0.2) is 6.10 Å². The van der Waals surface area contributed by atoms with Gasteiger partial charge in [0.1, 0.15) is 11.9 Å². The molecule has 0 amide bonds. The lowest BCUT2D eigenvalue weighted by Gasteiger charge is -2.32. The summed E-state index contributed by atoms with van der Waals surface area (Å²) in [6.45, 7) is 6.53. The van der Waals surface area contributed by atoms with Crippen LogP contribution in [0.3, 0.4) is 0 Å². The Kier molecular flexibility index (Phi) is 5.15. The van der Waals surface area contributed by atoms with Crippen molar-refractivity contribution in [2.75, 3.05) is 0 Å². The molecule has 2 heteroatoms. The third-order valence-electron chi connectivity index (χ3n) is 4.31. The molecule has 1 aromatic carbocycles. The highest BCUT2D eigenvalue weighted by Crippen LogP contribution is 2.33. The minimum atomic E-state index is 0.401. The number of halogens is 1. The van der Waals surface area contributed by atoms with Crippen molar-refractivity contribution < 1.29 is 4.74 Å². The Morgan fingerprint density at radius 3 is 2.37 bits per heavy atom. The van der Waals surface area contributed by atoms with Crippen molar-refractivity contribution in [3.05, 3.63) is 28.8 Å². The van der Waals surface area contributed by atoms with E-state index in [1.54, 1.807) is 0 Å². The maximum atomic E-state index is 6.38. The standard InChI is InChI=1S/C17H25ClO/c1-4-15-7-5-6-8-16(15)19-17-12(2)9-14(11-18)10-13(17)3/h9-10,15-16H,4-8,11H2,1-3H3. The van der Waals surface area contributed by atoms with Gasteiger partial charge in [0.05, 0.1) is 0 Å². The zero-order chi connectivity index (χ0) is 13.8. The van der Waals surface area contributed by atoms with Crippen molar-refractivity contribution in [1.29, 1.82) is 0 Å². The molecule has 1 aliphatic carbocycles. The monoisotopic (exact) mass is 280 g/mol. The van der Waals surface area contributed by atoms with Crippen LogP contribution in [0, 0.1) is 19.8 Å². The first-order valence-electron chi connectivity index (χ1n) is 7.48. The number of aryl methyl sites for hydroxylation is 2. The smallest absolute Gasteiger partial charge is 0.125 e. The first kappa shape index (κ1) is 14.7. The molecule has 0 heterocycles. The van der Waals surface area contributed by atoms with E-state index in [2.05, 4.69) is 32.9 Å².